The lowest BCUT2D eigenvalue weighted by Gasteiger charge is -2.09. The second-order valence-corrected chi connectivity index (χ2v) is 4.92. The lowest BCUT2D eigenvalue weighted by molar-refractivity contribution is 0.0944. The molecule has 0 spiro atoms. The van der Waals surface area contributed by atoms with Crippen LogP contribution in [-0.2, 0) is 6.54 Å². The van der Waals surface area contributed by atoms with Crippen LogP contribution in [0.2, 0.25) is 0 Å². The normalized spacial score (nSPS) is 14.7. The van der Waals surface area contributed by atoms with Gasteiger partial charge < -0.3 is 15.2 Å². The van der Waals surface area contributed by atoms with Crippen LogP contribution >= 0.6 is 0 Å². The van der Waals surface area contributed by atoms with Crippen LogP contribution < -0.4 is 10.6 Å². The van der Waals surface area contributed by atoms with Gasteiger partial charge in [0, 0.05) is 25.3 Å². The topological polar surface area (TPSA) is 46.1 Å². The highest BCUT2D eigenvalue weighted by Gasteiger charge is 2.19. The summed E-state index contributed by atoms with van der Waals surface area (Å²) in [5.41, 5.74) is 0.770. The molecule has 0 atom stereocenters. The maximum absolute atomic E-state index is 12.0. The minimum atomic E-state index is 0.0415. The quantitative estimate of drug-likeness (QED) is 0.690. The van der Waals surface area contributed by atoms with Gasteiger partial charge in [0.1, 0.15) is 5.69 Å². The molecular formula is C14H23N3O. The molecule has 0 bridgehead atoms. The summed E-state index contributed by atoms with van der Waals surface area (Å²) < 4.78 is 2.01. The van der Waals surface area contributed by atoms with Gasteiger partial charge in [0.2, 0.25) is 0 Å². The second-order valence-electron chi connectivity index (χ2n) is 4.92. The largest absolute Gasteiger partial charge is 0.351 e. The van der Waals surface area contributed by atoms with Gasteiger partial charge in [-0.25, -0.2) is 0 Å². The number of hydrogen-bond acceptors (Lipinski definition) is 2. The number of carbonyl (C=O) groups excluding carboxylic acids is 1. The van der Waals surface area contributed by atoms with Crippen LogP contribution in [-0.4, -0.2) is 29.6 Å². The Kier molecular flexibility index (Phi) is 4.81. The minimum Gasteiger partial charge on any atom is -0.351 e. The van der Waals surface area contributed by atoms with Crippen molar-refractivity contribution in [3.63, 3.8) is 0 Å². The predicted octanol–water partition coefficient (Wildman–Crippen LogP) is 1.77. The molecule has 1 aromatic rings. The average molecular weight is 249 g/mol. The zero-order valence-electron chi connectivity index (χ0n) is 11.1. The van der Waals surface area contributed by atoms with Crippen LogP contribution in [0.4, 0.5) is 0 Å². The van der Waals surface area contributed by atoms with Gasteiger partial charge in [0.25, 0.3) is 5.91 Å². The van der Waals surface area contributed by atoms with Crippen LogP contribution in [0.5, 0.6) is 0 Å². The number of hydrogen-bond donors (Lipinski definition) is 2. The molecule has 2 N–H and O–H groups in total. The Morgan fingerprint density at radius 2 is 2.28 bits per heavy atom. The van der Waals surface area contributed by atoms with Crippen LogP contribution in [0.3, 0.4) is 0 Å². The number of nitrogens with one attached hydrogen (secondary N) is 2. The standard InChI is InChI=1S/C14H23N3O/c1-2-10-17-11-3-5-13(17)14(18)16-9-4-8-15-12-6-7-12/h3,5,11-12,15H,2,4,6-10H2,1H3,(H,16,18). The molecule has 1 amide bonds. The number of carbonyl (C=O) groups is 1. The molecule has 1 aliphatic carbocycles. The molecule has 4 nitrogen and oxygen atoms in total. The monoisotopic (exact) mass is 249 g/mol. The average Bonchev–Trinajstić information content (AvgIpc) is 3.07. The Bertz CT molecular complexity index is 382. The van der Waals surface area contributed by atoms with Gasteiger partial charge in [-0.2, -0.15) is 0 Å². The summed E-state index contributed by atoms with van der Waals surface area (Å²) in [5, 5.41) is 6.42. The number of rotatable bonds is 8. The SMILES string of the molecule is CCCn1cccc1C(=O)NCCCNC1CC1. The highest BCUT2D eigenvalue weighted by atomic mass is 16.1. The summed E-state index contributed by atoms with van der Waals surface area (Å²) in [6.07, 6.45) is 6.64. The third-order valence-electron chi connectivity index (χ3n) is 3.18. The summed E-state index contributed by atoms with van der Waals surface area (Å²) in [5.74, 6) is 0.0415. The molecule has 18 heavy (non-hydrogen) atoms. The van der Waals surface area contributed by atoms with Crippen molar-refractivity contribution in [1.29, 1.82) is 0 Å². The maximum Gasteiger partial charge on any atom is 0.267 e. The molecule has 100 valence electrons. The lowest BCUT2D eigenvalue weighted by atomic mass is 10.3. The summed E-state index contributed by atoms with van der Waals surface area (Å²) in [6.45, 7) is 4.76. The first kappa shape index (κ1) is 13.1. The summed E-state index contributed by atoms with van der Waals surface area (Å²) in [6, 6.07) is 4.56. The highest BCUT2D eigenvalue weighted by molar-refractivity contribution is 5.92. The van der Waals surface area contributed by atoms with Crippen LogP contribution in [0, 0.1) is 0 Å². The van der Waals surface area contributed by atoms with Crippen molar-refractivity contribution < 1.29 is 4.79 Å². The lowest BCUT2D eigenvalue weighted by Crippen LogP contribution is -2.29. The first-order chi connectivity index (χ1) is 8.81. The van der Waals surface area contributed by atoms with E-state index in [0.29, 0.717) is 0 Å². The van der Waals surface area contributed by atoms with E-state index in [0.717, 1.165) is 44.2 Å². The Morgan fingerprint density at radius 1 is 1.44 bits per heavy atom. The molecular weight excluding hydrogens is 226 g/mol. The molecule has 1 aromatic heterocycles. The van der Waals surface area contributed by atoms with Crippen molar-refractivity contribution in [3.05, 3.63) is 24.0 Å². The van der Waals surface area contributed by atoms with Gasteiger partial charge in [-0.3, -0.25) is 4.79 Å². The molecule has 0 unspecified atom stereocenters. The van der Waals surface area contributed by atoms with Crippen molar-refractivity contribution in [3.8, 4) is 0 Å². The fraction of sp³-hybridized carbons (Fsp3) is 0.643. The highest BCUT2D eigenvalue weighted by Crippen LogP contribution is 2.18. The second kappa shape index (κ2) is 6.59. The number of aryl methyl sites for hydroxylation is 1. The molecule has 0 saturated heterocycles. The first-order valence-electron chi connectivity index (χ1n) is 6.98. The van der Waals surface area contributed by atoms with E-state index in [9.17, 15) is 4.79 Å². The van der Waals surface area contributed by atoms with Crippen molar-refractivity contribution in [2.24, 2.45) is 0 Å². The molecule has 0 aromatic carbocycles. The fourth-order valence-electron chi connectivity index (χ4n) is 2.03. The van der Waals surface area contributed by atoms with E-state index in [1.54, 1.807) is 0 Å². The smallest absolute Gasteiger partial charge is 0.267 e. The Hall–Kier alpha value is -1.29. The molecule has 2 rings (SSSR count). The van der Waals surface area contributed by atoms with E-state index in [-0.39, 0.29) is 5.91 Å². The number of amides is 1. The zero-order chi connectivity index (χ0) is 12.8. The van der Waals surface area contributed by atoms with Gasteiger partial charge in [0.15, 0.2) is 0 Å². The van der Waals surface area contributed by atoms with Crippen molar-refractivity contribution in [2.45, 2.75) is 45.2 Å². The minimum absolute atomic E-state index is 0.0415. The van der Waals surface area contributed by atoms with Crippen molar-refractivity contribution in [2.75, 3.05) is 13.1 Å². The van der Waals surface area contributed by atoms with Gasteiger partial charge in [-0.05, 0) is 44.4 Å². The maximum atomic E-state index is 12.0. The van der Waals surface area contributed by atoms with Crippen LogP contribution in [0.25, 0.3) is 0 Å². The fourth-order valence-corrected chi connectivity index (χ4v) is 2.03. The van der Waals surface area contributed by atoms with E-state index in [2.05, 4.69) is 17.6 Å². The Balaban J connectivity index is 1.67. The van der Waals surface area contributed by atoms with E-state index < -0.39 is 0 Å². The summed E-state index contributed by atoms with van der Waals surface area (Å²) in [4.78, 5) is 12.0. The Morgan fingerprint density at radius 3 is 3.00 bits per heavy atom. The first-order valence-corrected chi connectivity index (χ1v) is 6.98. The van der Waals surface area contributed by atoms with Gasteiger partial charge in [-0.1, -0.05) is 6.92 Å². The van der Waals surface area contributed by atoms with Crippen molar-refractivity contribution >= 4 is 5.91 Å². The van der Waals surface area contributed by atoms with Crippen LogP contribution in [0.1, 0.15) is 43.1 Å². The predicted molar refractivity (Wildman–Crippen MR) is 72.7 cm³/mol. The molecule has 1 heterocycles. The van der Waals surface area contributed by atoms with Crippen LogP contribution in [0.15, 0.2) is 18.3 Å². The molecule has 1 saturated carbocycles. The van der Waals surface area contributed by atoms with Gasteiger partial charge >= 0.3 is 0 Å². The molecule has 4 heteroatoms. The third kappa shape index (κ3) is 3.88. The van der Waals surface area contributed by atoms with Crippen molar-refractivity contribution in [1.82, 2.24) is 15.2 Å². The molecule has 1 fully saturated rings. The zero-order valence-corrected chi connectivity index (χ0v) is 11.1. The van der Waals surface area contributed by atoms with E-state index in [4.69, 9.17) is 0 Å². The Labute approximate surface area is 109 Å². The number of nitrogens with zero attached hydrogens (tertiary/aromatic N) is 1. The molecule has 0 radical (unpaired) electrons. The summed E-state index contributed by atoms with van der Waals surface area (Å²) in [7, 11) is 0. The van der Waals surface area contributed by atoms with E-state index in [1.807, 2.05) is 22.9 Å². The molecule has 0 aliphatic heterocycles. The van der Waals surface area contributed by atoms with E-state index in [1.165, 1.54) is 12.8 Å². The third-order valence-corrected chi connectivity index (χ3v) is 3.18. The van der Waals surface area contributed by atoms with Gasteiger partial charge in [0.05, 0.1) is 0 Å². The number of aromatic nitrogens is 1. The summed E-state index contributed by atoms with van der Waals surface area (Å²) >= 11 is 0. The van der Waals surface area contributed by atoms with E-state index >= 15 is 0 Å². The van der Waals surface area contributed by atoms with Gasteiger partial charge in [-0.15, -0.1) is 0 Å². The molecule has 1 aliphatic rings.